The first kappa shape index (κ1) is 10.9. The van der Waals surface area contributed by atoms with E-state index in [1.165, 1.54) is 12.3 Å². The lowest BCUT2D eigenvalue weighted by molar-refractivity contribution is -0.137. The summed E-state index contributed by atoms with van der Waals surface area (Å²) in [6.45, 7) is 2.13. The van der Waals surface area contributed by atoms with E-state index in [0.29, 0.717) is 6.61 Å². The predicted molar refractivity (Wildman–Crippen MR) is 44.4 cm³/mol. The van der Waals surface area contributed by atoms with Gasteiger partial charge in [-0.15, -0.1) is 0 Å². The van der Waals surface area contributed by atoms with Crippen molar-refractivity contribution in [2.45, 2.75) is 19.0 Å². The fourth-order valence-electron chi connectivity index (χ4n) is 0.430. The fraction of sp³-hybridized carbons (Fsp3) is 0.571. The summed E-state index contributed by atoms with van der Waals surface area (Å²) in [6, 6.07) is -1.09. The Bertz CT molecular complexity index is 168. The van der Waals surface area contributed by atoms with E-state index in [1.807, 2.05) is 0 Å². The summed E-state index contributed by atoms with van der Waals surface area (Å²) in [5.74, 6) is -1.09. The summed E-state index contributed by atoms with van der Waals surface area (Å²) < 4.78 is 4.87. The minimum absolute atomic E-state index is 0.0734. The molecule has 0 aliphatic rings. The average molecular weight is 174 g/mol. The molecule has 5 nitrogen and oxygen atoms in total. The van der Waals surface area contributed by atoms with Crippen molar-refractivity contribution in [3.8, 4) is 0 Å². The van der Waals surface area contributed by atoms with Gasteiger partial charge in [-0.05, 0) is 13.0 Å². The van der Waals surface area contributed by atoms with Crippen LogP contribution in [0.4, 0.5) is 0 Å². The first-order valence-electron chi connectivity index (χ1n) is 3.56. The van der Waals surface area contributed by atoms with Crippen molar-refractivity contribution < 1.29 is 14.6 Å². The molecule has 0 rings (SSSR count). The third kappa shape index (κ3) is 5.70. The van der Waals surface area contributed by atoms with Gasteiger partial charge in [0.05, 0.1) is 6.26 Å². The van der Waals surface area contributed by atoms with Gasteiger partial charge in [0.15, 0.2) is 0 Å². The van der Waals surface area contributed by atoms with Crippen LogP contribution in [0.1, 0.15) is 6.92 Å². The second kappa shape index (κ2) is 5.56. The Morgan fingerprint density at radius 1 is 1.67 bits per heavy atom. The Balaban J connectivity index is 3.55. The van der Waals surface area contributed by atoms with Gasteiger partial charge in [0.25, 0.3) is 0 Å². The lowest BCUT2D eigenvalue weighted by Crippen LogP contribution is -2.27. The zero-order chi connectivity index (χ0) is 9.56. The van der Waals surface area contributed by atoms with Crippen LogP contribution >= 0.6 is 0 Å². The van der Waals surface area contributed by atoms with Gasteiger partial charge in [0, 0.05) is 6.04 Å². The van der Waals surface area contributed by atoms with Crippen LogP contribution in [0.2, 0.25) is 0 Å². The van der Waals surface area contributed by atoms with Gasteiger partial charge in [0.2, 0.25) is 0 Å². The van der Waals surface area contributed by atoms with Crippen molar-refractivity contribution >= 4 is 5.97 Å². The number of hydrogen-bond acceptors (Lipinski definition) is 4. The van der Waals surface area contributed by atoms with E-state index in [0.717, 1.165) is 0 Å². The minimum atomic E-state index is -1.09. The molecule has 0 amide bonds. The van der Waals surface area contributed by atoms with E-state index < -0.39 is 12.0 Å². The molecule has 0 aliphatic carbocycles. The van der Waals surface area contributed by atoms with Crippen LogP contribution in [0.15, 0.2) is 12.3 Å². The number of rotatable bonds is 5. The van der Waals surface area contributed by atoms with Gasteiger partial charge in [-0.25, -0.2) is 0 Å². The summed E-state index contributed by atoms with van der Waals surface area (Å²) in [5.41, 5.74) is 10.5. The number of carboxylic acid groups (broad SMARTS) is 1. The van der Waals surface area contributed by atoms with Gasteiger partial charge >= 0.3 is 5.97 Å². The molecule has 0 aliphatic heterocycles. The summed E-state index contributed by atoms with van der Waals surface area (Å²) in [7, 11) is 0. The quantitative estimate of drug-likeness (QED) is 0.477. The van der Waals surface area contributed by atoms with Crippen molar-refractivity contribution in [2.75, 3.05) is 6.61 Å². The van der Waals surface area contributed by atoms with Crippen LogP contribution in [-0.4, -0.2) is 29.8 Å². The highest BCUT2D eigenvalue weighted by Crippen LogP contribution is 1.85. The minimum Gasteiger partial charge on any atom is -0.500 e. The van der Waals surface area contributed by atoms with E-state index in [2.05, 4.69) is 0 Å². The fourth-order valence-corrected chi connectivity index (χ4v) is 0.430. The molecule has 0 heterocycles. The summed E-state index contributed by atoms with van der Waals surface area (Å²) >= 11 is 0. The van der Waals surface area contributed by atoms with Crippen LogP contribution in [-0.2, 0) is 9.53 Å². The lowest BCUT2D eigenvalue weighted by Gasteiger charge is -2.03. The Morgan fingerprint density at radius 3 is 2.67 bits per heavy atom. The van der Waals surface area contributed by atoms with E-state index in [-0.39, 0.29) is 6.04 Å². The SMILES string of the molecule is CC(N)CO/C=C/C(N)C(=O)O. The Hall–Kier alpha value is -1.07. The highest BCUT2D eigenvalue weighted by atomic mass is 16.5. The van der Waals surface area contributed by atoms with Gasteiger partial charge in [-0.3, -0.25) is 4.79 Å². The standard InChI is InChI=1S/C7H14N2O3/c1-5(8)4-12-3-2-6(9)7(10)11/h2-3,5-6H,4,8-9H2,1H3,(H,10,11)/b3-2+. The monoisotopic (exact) mass is 174 g/mol. The van der Waals surface area contributed by atoms with E-state index >= 15 is 0 Å². The normalized spacial score (nSPS) is 15.9. The van der Waals surface area contributed by atoms with E-state index in [9.17, 15) is 4.79 Å². The maximum Gasteiger partial charge on any atom is 0.324 e. The average Bonchev–Trinajstić information content (AvgIpc) is 1.97. The highest BCUT2D eigenvalue weighted by molar-refractivity contribution is 5.75. The molecule has 0 aromatic heterocycles. The summed E-state index contributed by atoms with van der Waals surface area (Å²) in [6.07, 6.45) is 2.51. The molecule has 0 saturated heterocycles. The van der Waals surface area contributed by atoms with Crippen molar-refractivity contribution in [2.24, 2.45) is 11.5 Å². The van der Waals surface area contributed by atoms with Crippen LogP contribution in [0.5, 0.6) is 0 Å². The van der Waals surface area contributed by atoms with Crippen LogP contribution in [0, 0.1) is 0 Å². The van der Waals surface area contributed by atoms with Gasteiger partial charge in [-0.2, -0.15) is 0 Å². The molecule has 0 fully saturated rings. The predicted octanol–water partition coefficient (Wildman–Crippen LogP) is -0.724. The third-order valence-electron chi connectivity index (χ3n) is 1.03. The van der Waals surface area contributed by atoms with Gasteiger partial charge in [0.1, 0.15) is 12.6 Å². The van der Waals surface area contributed by atoms with E-state index in [4.69, 9.17) is 21.3 Å². The van der Waals surface area contributed by atoms with Crippen LogP contribution in [0.25, 0.3) is 0 Å². The second-order valence-corrected chi connectivity index (χ2v) is 2.50. The van der Waals surface area contributed by atoms with Crippen molar-refractivity contribution in [1.82, 2.24) is 0 Å². The Labute approximate surface area is 71.0 Å². The Kier molecular flexibility index (Phi) is 5.07. The molecule has 12 heavy (non-hydrogen) atoms. The smallest absolute Gasteiger partial charge is 0.324 e. The third-order valence-corrected chi connectivity index (χ3v) is 1.03. The molecule has 70 valence electrons. The molecule has 5 N–H and O–H groups in total. The number of aliphatic carboxylic acids is 1. The number of hydrogen-bond donors (Lipinski definition) is 3. The largest absolute Gasteiger partial charge is 0.500 e. The van der Waals surface area contributed by atoms with Gasteiger partial charge in [-0.1, -0.05) is 0 Å². The van der Waals surface area contributed by atoms with Crippen molar-refractivity contribution in [3.63, 3.8) is 0 Å². The maximum absolute atomic E-state index is 10.2. The van der Waals surface area contributed by atoms with Gasteiger partial charge < -0.3 is 21.3 Å². The summed E-state index contributed by atoms with van der Waals surface area (Å²) in [4.78, 5) is 10.2. The number of ether oxygens (including phenoxy) is 1. The molecule has 0 bridgehead atoms. The first-order chi connectivity index (χ1) is 5.54. The summed E-state index contributed by atoms with van der Waals surface area (Å²) in [5, 5.41) is 8.33. The molecule has 2 unspecified atom stereocenters. The molecule has 2 atom stereocenters. The number of carboxylic acids is 1. The first-order valence-corrected chi connectivity index (χ1v) is 3.56. The maximum atomic E-state index is 10.2. The molecular weight excluding hydrogens is 160 g/mol. The molecule has 5 heteroatoms. The topological polar surface area (TPSA) is 98.6 Å². The van der Waals surface area contributed by atoms with Crippen molar-refractivity contribution in [3.05, 3.63) is 12.3 Å². The lowest BCUT2D eigenvalue weighted by atomic mass is 10.3. The molecular formula is C7H14N2O3. The van der Waals surface area contributed by atoms with Crippen LogP contribution < -0.4 is 11.5 Å². The zero-order valence-electron chi connectivity index (χ0n) is 6.93. The number of carbonyl (C=O) groups is 1. The van der Waals surface area contributed by atoms with E-state index in [1.54, 1.807) is 6.92 Å². The Morgan fingerprint density at radius 2 is 2.25 bits per heavy atom. The van der Waals surface area contributed by atoms with Crippen molar-refractivity contribution in [1.29, 1.82) is 0 Å². The van der Waals surface area contributed by atoms with Crippen LogP contribution in [0.3, 0.4) is 0 Å². The highest BCUT2D eigenvalue weighted by Gasteiger charge is 2.05. The molecule has 0 aromatic carbocycles. The molecule has 0 radical (unpaired) electrons. The molecule has 0 spiro atoms. The molecule has 0 saturated carbocycles. The number of nitrogens with two attached hydrogens (primary N) is 2. The second-order valence-electron chi connectivity index (χ2n) is 2.50. The molecule has 0 aromatic rings. The zero-order valence-corrected chi connectivity index (χ0v) is 6.93.